The van der Waals surface area contributed by atoms with Gasteiger partial charge in [0.05, 0.1) is 30.8 Å². The first-order valence-corrected chi connectivity index (χ1v) is 13.4. The molecule has 11 heteroatoms. The van der Waals surface area contributed by atoms with E-state index in [1.165, 1.54) is 50.6 Å². The van der Waals surface area contributed by atoms with Crippen LogP contribution in [0.15, 0.2) is 65.6 Å². The van der Waals surface area contributed by atoms with Crippen LogP contribution in [0.25, 0.3) is 0 Å². The molecule has 0 saturated carbocycles. The van der Waals surface area contributed by atoms with Crippen molar-refractivity contribution >= 4 is 21.6 Å². The van der Waals surface area contributed by atoms with Gasteiger partial charge in [0.25, 0.3) is 10.0 Å². The van der Waals surface area contributed by atoms with Gasteiger partial charge >= 0.3 is 0 Å². The smallest absolute Gasteiger partial charge is 0.264 e. The van der Waals surface area contributed by atoms with Gasteiger partial charge in [-0.2, -0.15) is 0 Å². The third kappa shape index (κ3) is 5.77. The number of sulfonamides is 1. The van der Waals surface area contributed by atoms with Gasteiger partial charge in [-0.05, 0) is 54.4 Å². The summed E-state index contributed by atoms with van der Waals surface area (Å²) < 4.78 is 64.1. The molecule has 202 valence electrons. The van der Waals surface area contributed by atoms with Crippen LogP contribution < -0.4 is 28.6 Å². The van der Waals surface area contributed by atoms with Crippen LogP contribution in [0.4, 0.5) is 10.1 Å². The Hall–Kier alpha value is -3.99. The van der Waals surface area contributed by atoms with Gasteiger partial charge in [-0.1, -0.05) is 19.1 Å². The summed E-state index contributed by atoms with van der Waals surface area (Å²) in [7, 11) is -1.25. The fourth-order valence-corrected chi connectivity index (χ4v) is 5.55. The predicted octanol–water partition coefficient (Wildman–Crippen LogP) is 4.08. The Kier molecular flexibility index (Phi) is 8.26. The van der Waals surface area contributed by atoms with E-state index in [1.807, 2.05) is 6.92 Å². The second-order valence-electron chi connectivity index (χ2n) is 8.44. The van der Waals surface area contributed by atoms with Crippen LogP contribution >= 0.6 is 0 Å². The van der Waals surface area contributed by atoms with Crippen LogP contribution in [0.3, 0.4) is 0 Å². The van der Waals surface area contributed by atoms with Crippen molar-refractivity contribution in [3.63, 3.8) is 0 Å². The highest BCUT2D eigenvalue weighted by Crippen LogP contribution is 2.35. The molecule has 0 aromatic heterocycles. The quantitative estimate of drug-likeness (QED) is 0.410. The zero-order chi connectivity index (χ0) is 27.3. The molecular formula is C27H29FN2O7S. The van der Waals surface area contributed by atoms with Crippen LogP contribution in [-0.4, -0.2) is 48.3 Å². The lowest BCUT2D eigenvalue weighted by atomic mass is 10.0. The fraction of sp³-hybridized carbons (Fsp3) is 0.296. The maximum Gasteiger partial charge on any atom is 0.264 e. The third-order valence-corrected chi connectivity index (χ3v) is 7.81. The molecule has 1 amide bonds. The van der Waals surface area contributed by atoms with Crippen LogP contribution in [0.5, 0.6) is 23.0 Å². The summed E-state index contributed by atoms with van der Waals surface area (Å²) >= 11 is 0. The van der Waals surface area contributed by atoms with Crippen molar-refractivity contribution in [2.24, 2.45) is 0 Å². The van der Waals surface area contributed by atoms with E-state index in [4.69, 9.17) is 18.9 Å². The summed E-state index contributed by atoms with van der Waals surface area (Å²) in [5, 5.41) is 2.88. The van der Waals surface area contributed by atoms with Crippen molar-refractivity contribution in [2.75, 3.05) is 38.3 Å². The maximum atomic E-state index is 14.1. The lowest BCUT2D eigenvalue weighted by Crippen LogP contribution is -2.42. The molecule has 0 bridgehead atoms. The standard InChI is InChI=1S/C27H29FN2O7S/c1-4-22(18-8-10-23(34-2)25(14-18)35-3)29-27(31)17-30(20-7-5-6-19(28)15-20)38(32,33)21-9-11-24-26(16-21)37-13-12-36-24/h5-11,14-16,22H,4,12-13,17H2,1-3H3,(H,29,31). The van der Waals surface area contributed by atoms with Crippen molar-refractivity contribution in [1.29, 1.82) is 0 Å². The number of carbonyl (C=O) groups excluding carboxylic acids is 1. The van der Waals surface area contributed by atoms with Gasteiger partial charge in [0.2, 0.25) is 5.91 Å². The molecule has 1 aliphatic heterocycles. The van der Waals surface area contributed by atoms with Crippen molar-refractivity contribution in [1.82, 2.24) is 5.32 Å². The number of anilines is 1. The Balaban J connectivity index is 1.63. The number of amides is 1. The molecular weight excluding hydrogens is 515 g/mol. The van der Waals surface area contributed by atoms with E-state index >= 15 is 0 Å². The minimum absolute atomic E-state index is 0.00852. The Morgan fingerprint density at radius 1 is 1.00 bits per heavy atom. The van der Waals surface area contributed by atoms with E-state index in [-0.39, 0.29) is 22.9 Å². The number of rotatable bonds is 10. The largest absolute Gasteiger partial charge is 0.493 e. The highest BCUT2D eigenvalue weighted by molar-refractivity contribution is 7.92. The lowest BCUT2D eigenvalue weighted by molar-refractivity contribution is -0.120. The second kappa shape index (κ2) is 11.6. The summed E-state index contributed by atoms with van der Waals surface area (Å²) in [6.07, 6.45) is 0.524. The predicted molar refractivity (Wildman–Crippen MR) is 139 cm³/mol. The molecule has 0 fully saturated rings. The third-order valence-electron chi connectivity index (χ3n) is 6.04. The zero-order valence-corrected chi connectivity index (χ0v) is 22.1. The van der Waals surface area contributed by atoms with Crippen LogP contribution in [0.1, 0.15) is 24.9 Å². The van der Waals surface area contributed by atoms with Crippen molar-refractivity contribution in [3.8, 4) is 23.0 Å². The van der Waals surface area contributed by atoms with E-state index in [0.29, 0.717) is 30.3 Å². The van der Waals surface area contributed by atoms with Gasteiger partial charge in [-0.3, -0.25) is 9.10 Å². The average Bonchev–Trinajstić information content (AvgIpc) is 2.93. The molecule has 0 aliphatic carbocycles. The highest BCUT2D eigenvalue weighted by Gasteiger charge is 2.30. The van der Waals surface area contributed by atoms with E-state index in [1.54, 1.807) is 18.2 Å². The maximum absolute atomic E-state index is 14.1. The topological polar surface area (TPSA) is 103 Å². The number of ether oxygens (including phenoxy) is 4. The first-order valence-electron chi connectivity index (χ1n) is 12.0. The number of nitrogens with zero attached hydrogens (tertiary/aromatic N) is 1. The van der Waals surface area contributed by atoms with Gasteiger partial charge < -0.3 is 24.3 Å². The van der Waals surface area contributed by atoms with E-state index in [0.717, 1.165) is 15.9 Å². The van der Waals surface area contributed by atoms with Gasteiger partial charge in [0.15, 0.2) is 23.0 Å². The number of benzene rings is 3. The fourth-order valence-electron chi connectivity index (χ4n) is 4.12. The number of nitrogens with one attached hydrogen (secondary N) is 1. The molecule has 38 heavy (non-hydrogen) atoms. The van der Waals surface area contributed by atoms with E-state index in [2.05, 4.69) is 5.32 Å². The first-order chi connectivity index (χ1) is 18.3. The minimum Gasteiger partial charge on any atom is -0.493 e. The van der Waals surface area contributed by atoms with Crippen LogP contribution in [-0.2, 0) is 14.8 Å². The summed E-state index contributed by atoms with van der Waals surface area (Å²) in [6.45, 7) is 1.94. The lowest BCUT2D eigenvalue weighted by Gasteiger charge is -2.26. The molecule has 0 saturated heterocycles. The summed E-state index contributed by atoms with van der Waals surface area (Å²) in [5.74, 6) is 0.533. The van der Waals surface area contributed by atoms with Crippen LogP contribution in [0.2, 0.25) is 0 Å². The average molecular weight is 545 g/mol. The van der Waals surface area contributed by atoms with E-state index < -0.39 is 34.3 Å². The molecule has 4 rings (SSSR count). The number of methoxy groups -OCH3 is 2. The Labute approximate surface area is 221 Å². The van der Waals surface area contributed by atoms with E-state index in [9.17, 15) is 17.6 Å². The number of carbonyl (C=O) groups is 1. The summed E-state index contributed by atoms with van der Waals surface area (Å²) in [4.78, 5) is 13.1. The molecule has 1 aliphatic rings. The summed E-state index contributed by atoms with van der Waals surface area (Å²) in [6, 6.07) is 14.1. The Bertz CT molecular complexity index is 1410. The molecule has 3 aromatic rings. The molecule has 1 atom stereocenters. The number of hydrogen-bond acceptors (Lipinski definition) is 7. The molecule has 9 nitrogen and oxygen atoms in total. The second-order valence-corrected chi connectivity index (χ2v) is 10.3. The van der Waals surface area contributed by atoms with Gasteiger partial charge in [0, 0.05) is 6.07 Å². The first kappa shape index (κ1) is 27.1. The molecule has 0 radical (unpaired) electrons. The van der Waals surface area contributed by atoms with Crippen molar-refractivity contribution < 1.29 is 36.6 Å². The van der Waals surface area contributed by atoms with Gasteiger partial charge in [-0.25, -0.2) is 12.8 Å². The summed E-state index contributed by atoms with van der Waals surface area (Å²) in [5.41, 5.74) is 0.764. The highest BCUT2D eigenvalue weighted by atomic mass is 32.2. The molecule has 1 unspecified atom stereocenters. The Morgan fingerprint density at radius 2 is 1.74 bits per heavy atom. The SMILES string of the molecule is CCC(NC(=O)CN(c1cccc(F)c1)S(=O)(=O)c1ccc2c(c1)OCCO2)c1ccc(OC)c(OC)c1. The Morgan fingerprint density at radius 3 is 2.42 bits per heavy atom. The number of fused-ring (bicyclic) bond motifs is 1. The van der Waals surface area contributed by atoms with Gasteiger partial charge in [0.1, 0.15) is 25.6 Å². The van der Waals surface area contributed by atoms with Crippen molar-refractivity contribution in [3.05, 3.63) is 72.0 Å². The number of halogens is 1. The number of hydrogen-bond donors (Lipinski definition) is 1. The van der Waals surface area contributed by atoms with Gasteiger partial charge in [-0.15, -0.1) is 0 Å². The molecule has 1 heterocycles. The molecule has 1 N–H and O–H groups in total. The monoisotopic (exact) mass is 544 g/mol. The zero-order valence-electron chi connectivity index (χ0n) is 21.3. The normalized spacial score (nSPS) is 13.4. The van der Waals surface area contributed by atoms with Crippen molar-refractivity contribution in [2.45, 2.75) is 24.3 Å². The van der Waals surface area contributed by atoms with Crippen LogP contribution in [0, 0.1) is 5.82 Å². The molecule has 0 spiro atoms. The molecule has 3 aromatic carbocycles. The minimum atomic E-state index is -4.29.